The zero-order valence-corrected chi connectivity index (χ0v) is 21.2. The van der Waals surface area contributed by atoms with E-state index in [0.29, 0.717) is 49.9 Å². The van der Waals surface area contributed by atoms with Gasteiger partial charge in [0.05, 0.1) is 13.2 Å². The van der Waals surface area contributed by atoms with Gasteiger partial charge >= 0.3 is 12.2 Å². The predicted octanol–water partition coefficient (Wildman–Crippen LogP) is 5.74. The Morgan fingerprint density at radius 3 is 1.31 bits per heavy atom. The van der Waals surface area contributed by atoms with E-state index in [2.05, 4.69) is 0 Å². The number of piperidine rings is 2. The first kappa shape index (κ1) is 36.0. The molecular weight excluding hydrogens is 474 g/mol. The highest BCUT2D eigenvalue weighted by Crippen LogP contribution is 2.23. The first-order valence-corrected chi connectivity index (χ1v) is 11.6. The monoisotopic (exact) mass is 522 g/mol. The summed E-state index contributed by atoms with van der Waals surface area (Å²) < 4.78 is 36.9. The van der Waals surface area contributed by atoms with Crippen LogP contribution in [0.2, 0.25) is 0 Å². The van der Waals surface area contributed by atoms with Crippen molar-refractivity contribution in [1.82, 2.24) is 9.80 Å². The van der Waals surface area contributed by atoms with Crippen molar-refractivity contribution in [3.05, 3.63) is 22.8 Å². The van der Waals surface area contributed by atoms with Crippen LogP contribution in [0, 0.1) is 0 Å². The molecule has 0 radical (unpaired) electrons. The van der Waals surface area contributed by atoms with Crippen LogP contribution in [-0.4, -0.2) is 82.8 Å². The first-order valence-electron chi connectivity index (χ1n) is 11.6. The molecule has 2 fully saturated rings. The van der Waals surface area contributed by atoms with Crippen molar-refractivity contribution in [1.29, 1.82) is 0 Å². The molecule has 10 heteroatoms. The van der Waals surface area contributed by atoms with E-state index >= 15 is 0 Å². The minimum Gasteiger partial charge on any atom is -0.444 e. The average molecular weight is 523 g/mol. The van der Waals surface area contributed by atoms with Crippen molar-refractivity contribution < 1.29 is 38.1 Å². The van der Waals surface area contributed by atoms with Crippen LogP contribution in [0.15, 0.2) is 22.8 Å². The molecule has 0 spiro atoms. The van der Waals surface area contributed by atoms with Crippen molar-refractivity contribution in [2.45, 2.75) is 93.3 Å². The molecule has 0 aromatic heterocycles. The zero-order valence-electron chi connectivity index (χ0n) is 21.2. The topological polar surface area (TPSA) is 99.5 Å². The lowest BCUT2D eigenvalue weighted by atomic mass is 10.0. The Morgan fingerprint density at radius 2 is 1.06 bits per heavy atom. The van der Waals surface area contributed by atoms with Crippen molar-refractivity contribution in [2.75, 3.05) is 39.4 Å². The molecule has 0 aromatic rings. The van der Waals surface area contributed by atoms with Gasteiger partial charge < -0.3 is 29.5 Å². The molecule has 8 nitrogen and oxygen atoms in total. The largest absolute Gasteiger partial charge is 0.444 e. The molecule has 0 aliphatic carbocycles. The van der Waals surface area contributed by atoms with Crippen LogP contribution in [0.1, 0.15) is 82.1 Å². The maximum atomic E-state index is 13.2. The second-order valence-corrected chi connectivity index (χ2v) is 10.3. The van der Waals surface area contributed by atoms with Crippen molar-refractivity contribution in [3.63, 3.8) is 0 Å². The van der Waals surface area contributed by atoms with E-state index in [0.717, 1.165) is 0 Å². The zero-order chi connectivity index (χ0) is 26.1. The molecule has 212 valence electrons. The second-order valence-electron chi connectivity index (χ2n) is 10.3. The number of carbonyl (C=O) groups excluding carboxylic acids is 2. The number of hydrogen-bond acceptors (Lipinski definition) is 6. The van der Waals surface area contributed by atoms with Crippen molar-refractivity contribution in [3.8, 4) is 0 Å². The molecule has 0 aromatic carbocycles. The van der Waals surface area contributed by atoms with Gasteiger partial charge in [-0.05, 0) is 78.4 Å². The first-order chi connectivity index (χ1) is 15.7. The van der Waals surface area contributed by atoms with Crippen LogP contribution < -0.4 is 0 Å². The number of amides is 2. The Kier molecular flexibility index (Phi) is 15.8. The lowest BCUT2D eigenvalue weighted by Crippen LogP contribution is -2.40. The highest BCUT2D eigenvalue weighted by atomic mass is 19.1. The minimum absolute atomic E-state index is 0. The number of aliphatic hydroxyl groups is 2. The number of likely N-dealkylation sites (tertiary alicyclic amines) is 2. The van der Waals surface area contributed by atoms with Gasteiger partial charge in [0.25, 0.3) is 0 Å². The quantitative estimate of drug-likeness (QED) is 0.480. The number of halogens is 2. The Hall–Kier alpha value is -2.20. The number of ether oxygens (including phenoxy) is 2. The molecule has 0 bridgehead atoms. The third-order valence-electron chi connectivity index (χ3n) is 4.92. The summed E-state index contributed by atoms with van der Waals surface area (Å²) in [6.45, 7) is 11.1. The molecular formula is C26H48F2N2O6. The highest BCUT2D eigenvalue weighted by Gasteiger charge is 2.27. The van der Waals surface area contributed by atoms with Gasteiger partial charge in [0.2, 0.25) is 0 Å². The molecule has 2 saturated heterocycles. The van der Waals surface area contributed by atoms with Crippen LogP contribution in [0.5, 0.6) is 0 Å². The van der Waals surface area contributed by atoms with Gasteiger partial charge in [-0.1, -0.05) is 14.9 Å². The summed E-state index contributed by atoms with van der Waals surface area (Å²) in [5.74, 6) is -1.06. The minimum atomic E-state index is -0.600. The Labute approximate surface area is 215 Å². The summed E-state index contributed by atoms with van der Waals surface area (Å²) in [7, 11) is 0. The van der Waals surface area contributed by atoms with Crippen LogP contribution in [0.3, 0.4) is 0 Å². The van der Waals surface area contributed by atoms with E-state index in [1.165, 1.54) is 9.80 Å². The number of aliphatic hydroxyl groups excluding tert-OH is 2. The molecule has 2 heterocycles. The third kappa shape index (κ3) is 13.2. The van der Waals surface area contributed by atoms with Gasteiger partial charge in [0.15, 0.2) is 0 Å². The molecule has 2 rings (SSSR count). The van der Waals surface area contributed by atoms with Crippen LogP contribution in [-0.2, 0) is 9.47 Å². The lowest BCUT2D eigenvalue weighted by Gasteiger charge is -2.31. The molecule has 36 heavy (non-hydrogen) atoms. The fraction of sp³-hybridized carbons (Fsp3) is 0.769. The molecule has 2 amide bonds. The maximum absolute atomic E-state index is 13.2. The van der Waals surface area contributed by atoms with Gasteiger partial charge in [-0.25, -0.2) is 18.4 Å². The Bertz CT molecular complexity index is 705. The summed E-state index contributed by atoms with van der Waals surface area (Å²) in [5.41, 5.74) is -0.115. The normalized spacial score (nSPS) is 19.1. The smallest absolute Gasteiger partial charge is 0.410 e. The van der Waals surface area contributed by atoms with Crippen LogP contribution >= 0.6 is 0 Å². The SMILES string of the molecule is C.C.CC(C)(C)OC(=O)N1CCC/C(=C(/F)CO)C1.CC(C)(C)OC(=O)N1CCC/C(=C(\F)CO)C1. The molecule has 0 atom stereocenters. The summed E-state index contributed by atoms with van der Waals surface area (Å²) in [4.78, 5) is 26.5. The molecule has 2 aliphatic rings. The van der Waals surface area contributed by atoms with E-state index in [4.69, 9.17) is 19.7 Å². The van der Waals surface area contributed by atoms with Gasteiger partial charge in [-0.2, -0.15) is 0 Å². The van der Waals surface area contributed by atoms with Gasteiger partial charge in [0.1, 0.15) is 22.9 Å². The van der Waals surface area contributed by atoms with Crippen LogP contribution in [0.25, 0.3) is 0 Å². The predicted molar refractivity (Wildman–Crippen MR) is 138 cm³/mol. The van der Waals surface area contributed by atoms with E-state index in [-0.39, 0.29) is 27.9 Å². The Balaban J connectivity index is 0. The second kappa shape index (κ2) is 15.8. The summed E-state index contributed by atoms with van der Waals surface area (Å²) >= 11 is 0. The number of carbonyl (C=O) groups is 2. The van der Waals surface area contributed by atoms with E-state index < -0.39 is 48.3 Å². The average Bonchev–Trinajstić information content (AvgIpc) is 2.76. The van der Waals surface area contributed by atoms with Crippen molar-refractivity contribution in [2.24, 2.45) is 0 Å². The summed E-state index contributed by atoms with van der Waals surface area (Å²) in [5, 5.41) is 17.5. The standard InChI is InChI=1S/2C12H20FNO3.2CH4/c2*1-12(2,3)17-11(16)14-6-4-5-9(7-14)10(13)8-15;;/h2*15H,4-8H2,1-3H3;2*1H4/b10-9+;10-9-;;. The molecule has 0 unspecified atom stereocenters. The molecule has 2 aliphatic heterocycles. The van der Waals surface area contributed by atoms with Gasteiger partial charge in [0, 0.05) is 26.2 Å². The van der Waals surface area contributed by atoms with Gasteiger partial charge in [-0.3, -0.25) is 0 Å². The van der Waals surface area contributed by atoms with E-state index in [1.807, 2.05) is 0 Å². The number of hydrogen-bond donors (Lipinski definition) is 2. The number of nitrogens with zero attached hydrogens (tertiary/aromatic N) is 2. The van der Waals surface area contributed by atoms with Gasteiger partial charge in [-0.15, -0.1) is 0 Å². The van der Waals surface area contributed by atoms with Crippen LogP contribution in [0.4, 0.5) is 18.4 Å². The van der Waals surface area contributed by atoms with E-state index in [1.54, 1.807) is 41.5 Å². The van der Waals surface area contributed by atoms with Crippen molar-refractivity contribution >= 4 is 12.2 Å². The fourth-order valence-electron chi connectivity index (χ4n) is 3.37. The highest BCUT2D eigenvalue weighted by molar-refractivity contribution is 5.69. The summed E-state index contributed by atoms with van der Waals surface area (Å²) in [6, 6.07) is 0. The fourth-order valence-corrected chi connectivity index (χ4v) is 3.37. The van der Waals surface area contributed by atoms with E-state index in [9.17, 15) is 18.4 Å². The molecule has 2 N–H and O–H groups in total. The number of rotatable bonds is 2. The summed E-state index contributed by atoms with van der Waals surface area (Å²) in [6.07, 6.45) is 1.71. The third-order valence-corrected chi connectivity index (χ3v) is 4.92. The Morgan fingerprint density at radius 1 is 0.750 bits per heavy atom. The maximum Gasteiger partial charge on any atom is 0.410 e. The molecule has 0 saturated carbocycles. The lowest BCUT2D eigenvalue weighted by molar-refractivity contribution is 0.0234.